The molecule has 16 heavy (non-hydrogen) atoms. The summed E-state index contributed by atoms with van der Waals surface area (Å²) < 4.78 is 0.399. The van der Waals surface area contributed by atoms with Crippen molar-refractivity contribution in [2.45, 2.75) is 10.4 Å². The minimum atomic E-state index is -1.24. The summed E-state index contributed by atoms with van der Waals surface area (Å²) >= 11 is 17.8. The average molecular weight is 283 g/mol. The predicted octanol–water partition coefficient (Wildman–Crippen LogP) is 1.88. The van der Waals surface area contributed by atoms with Gasteiger partial charge in [-0.1, -0.05) is 29.3 Å². The fraction of sp³-hybridized carbons (Fsp3) is 0.333. The molecule has 1 amide bonds. The van der Waals surface area contributed by atoms with Gasteiger partial charge < -0.3 is 10.3 Å². The molecule has 0 saturated carbocycles. The van der Waals surface area contributed by atoms with Crippen LogP contribution in [0, 0.1) is 0 Å². The Morgan fingerprint density at radius 2 is 2.31 bits per heavy atom. The molecule has 2 N–H and O–H groups in total. The monoisotopic (exact) mass is 281 g/mol. The number of allylic oxidation sites excluding steroid dienone is 1. The molecule has 1 aromatic heterocycles. The largest absolute Gasteiger partial charge is 0.366 e. The molecule has 1 unspecified atom stereocenters. The number of alkyl halides is 3. The Kier molecular flexibility index (Phi) is 4.65. The molecule has 1 rings (SSSR count). The average Bonchev–Trinajstić information content (AvgIpc) is 2.70. The summed E-state index contributed by atoms with van der Waals surface area (Å²) in [5.41, 5.74) is 5.01. The molecule has 0 bridgehead atoms. The molecule has 0 aliphatic carbocycles. The number of primary amides is 1. The van der Waals surface area contributed by atoms with E-state index in [4.69, 9.17) is 40.5 Å². The second-order valence-electron chi connectivity index (χ2n) is 3.11. The van der Waals surface area contributed by atoms with E-state index in [9.17, 15) is 4.79 Å². The van der Waals surface area contributed by atoms with Gasteiger partial charge in [0.1, 0.15) is 0 Å². The van der Waals surface area contributed by atoms with E-state index in [0.717, 1.165) is 0 Å². The number of hydrogen-bond donors (Lipinski definition) is 1. The summed E-state index contributed by atoms with van der Waals surface area (Å²) in [4.78, 5) is 14.6. The summed E-state index contributed by atoms with van der Waals surface area (Å²) in [6.45, 7) is 0. The molecule has 4 nitrogen and oxygen atoms in total. The Morgan fingerprint density at radius 1 is 1.62 bits per heavy atom. The number of nitrogens with two attached hydrogens (primary N) is 1. The van der Waals surface area contributed by atoms with Crippen molar-refractivity contribution in [1.82, 2.24) is 9.55 Å². The lowest BCUT2D eigenvalue weighted by molar-refractivity contribution is -0.113. The molecule has 1 atom stereocenters. The molecule has 0 fully saturated rings. The third-order valence-electron chi connectivity index (χ3n) is 1.90. The first kappa shape index (κ1) is 13.4. The lowest BCUT2D eigenvalue weighted by Crippen LogP contribution is -2.29. The van der Waals surface area contributed by atoms with Gasteiger partial charge in [0.05, 0.1) is 18.2 Å². The van der Waals surface area contributed by atoms with Crippen LogP contribution in [0.4, 0.5) is 0 Å². The highest BCUT2D eigenvalue weighted by atomic mass is 35.5. The molecule has 7 heteroatoms. The van der Waals surface area contributed by atoms with Gasteiger partial charge in [-0.25, -0.2) is 4.98 Å². The van der Waals surface area contributed by atoms with Crippen LogP contribution in [0.5, 0.6) is 0 Å². The van der Waals surface area contributed by atoms with Crippen LogP contribution in [-0.2, 0) is 4.79 Å². The number of nitrogens with zero attached hydrogens (tertiary/aromatic N) is 2. The van der Waals surface area contributed by atoms with Crippen molar-refractivity contribution in [2.75, 3.05) is 5.88 Å². The highest BCUT2D eigenvalue weighted by Gasteiger charge is 2.33. The first-order valence-corrected chi connectivity index (χ1v) is 5.65. The van der Waals surface area contributed by atoms with Crippen LogP contribution in [0.25, 0.3) is 0 Å². The van der Waals surface area contributed by atoms with E-state index >= 15 is 0 Å². The molecule has 0 aliphatic rings. The molecule has 0 saturated heterocycles. The van der Waals surface area contributed by atoms with Gasteiger partial charge in [-0.05, 0) is 0 Å². The fourth-order valence-corrected chi connectivity index (χ4v) is 1.69. The molecule has 0 spiro atoms. The Labute approximate surface area is 108 Å². The first-order valence-electron chi connectivity index (χ1n) is 4.36. The topological polar surface area (TPSA) is 60.9 Å². The third kappa shape index (κ3) is 3.40. The number of halogens is 3. The zero-order valence-electron chi connectivity index (χ0n) is 8.19. The summed E-state index contributed by atoms with van der Waals surface area (Å²) in [6.07, 6.45) is 7.45. The molecule has 1 aromatic rings. The highest BCUT2D eigenvalue weighted by molar-refractivity contribution is 6.52. The zero-order chi connectivity index (χ0) is 12.2. The maximum Gasteiger partial charge on any atom is 0.241 e. The maximum atomic E-state index is 10.7. The SMILES string of the molecule is NC(=O)C=CC(n1ccnc1)C(Cl)(Cl)CCl. The van der Waals surface area contributed by atoms with Crippen molar-refractivity contribution in [2.24, 2.45) is 5.73 Å². The summed E-state index contributed by atoms with van der Waals surface area (Å²) in [6, 6.07) is -0.511. The number of hydrogen-bond acceptors (Lipinski definition) is 2. The van der Waals surface area contributed by atoms with Crippen LogP contribution in [0.1, 0.15) is 6.04 Å². The Hall–Kier alpha value is -0.710. The molecule has 88 valence electrons. The fourth-order valence-electron chi connectivity index (χ4n) is 1.16. The molecular formula is C9H10Cl3N3O. The van der Waals surface area contributed by atoms with Crippen LogP contribution in [-0.4, -0.2) is 25.7 Å². The number of carbonyl (C=O) groups excluding carboxylic acids is 1. The van der Waals surface area contributed by atoms with Gasteiger partial charge >= 0.3 is 0 Å². The third-order valence-corrected chi connectivity index (χ3v) is 3.31. The molecule has 1 heterocycles. The Bertz CT molecular complexity index is 375. The standard InChI is InChI=1S/C9H10Cl3N3O/c10-5-9(11,12)7(1-2-8(13)16)15-4-3-14-6-15/h1-4,6-7H,5H2,(H2,13,16). The Morgan fingerprint density at radius 3 is 2.75 bits per heavy atom. The summed E-state index contributed by atoms with van der Waals surface area (Å²) in [5, 5.41) is 0. The summed E-state index contributed by atoms with van der Waals surface area (Å²) in [7, 11) is 0. The van der Waals surface area contributed by atoms with Crippen LogP contribution in [0.15, 0.2) is 30.9 Å². The lowest BCUT2D eigenvalue weighted by Gasteiger charge is -2.26. The molecular weight excluding hydrogens is 272 g/mol. The van der Waals surface area contributed by atoms with E-state index in [1.807, 2.05) is 0 Å². The van der Waals surface area contributed by atoms with Crippen molar-refractivity contribution < 1.29 is 4.79 Å². The molecule has 0 aromatic carbocycles. The van der Waals surface area contributed by atoms with Crippen molar-refractivity contribution in [3.8, 4) is 0 Å². The van der Waals surface area contributed by atoms with Crippen LogP contribution in [0.3, 0.4) is 0 Å². The highest BCUT2D eigenvalue weighted by Crippen LogP contribution is 2.36. The number of rotatable bonds is 5. The van der Waals surface area contributed by atoms with Gasteiger partial charge in [-0.3, -0.25) is 4.79 Å². The van der Waals surface area contributed by atoms with Crippen LogP contribution < -0.4 is 5.73 Å². The van der Waals surface area contributed by atoms with Crippen molar-refractivity contribution in [3.05, 3.63) is 30.9 Å². The quantitative estimate of drug-likeness (QED) is 0.662. The lowest BCUT2D eigenvalue weighted by atomic mass is 10.2. The molecule has 0 radical (unpaired) electrons. The second-order valence-corrected chi connectivity index (χ2v) is 4.92. The second kappa shape index (κ2) is 5.57. The number of aromatic nitrogens is 2. The van der Waals surface area contributed by atoms with E-state index in [-0.39, 0.29) is 5.88 Å². The van der Waals surface area contributed by atoms with Gasteiger partial charge in [0.2, 0.25) is 5.91 Å². The van der Waals surface area contributed by atoms with E-state index < -0.39 is 16.3 Å². The van der Waals surface area contributed by atoms with Crippen molar-refractivity contribution >= 4 is 40.7 Å². The van der Waals surface area contributed by atoms with E-state index in [2.05, 4.69) is 4.98 Å². The van der Waals surface area contributed by atoms with E-state index in [1.54, 1.807) is 17.0 Å². The first-order chi connectivity index (χ1) is 7.47. The van der Waals surface area contributed by atoms with Crippen molar-refractivity contribution in [1.29, 1.82) is 0 Å². The summed E-state index contributed by atoms with van der Waals surface area (Å²) in [5.74, 6) is -0.578. The predicted molar refractivity (Wildman–Crippen MR) is 64.8 cm³/mol. The number of carbonyl (C=O) groups is 1. The van der Waals surface area contributed by atoms with Gasteiger partial charge in [0, 0.05) is 18.5 Å². The van der Waals surface area contributed by atoms with Gasteiger partial charge in [0.25, 0.3) is 0 Å². The van der Waals surface area contributed by atoms with Gasteiger partial charge in [0.15, 0.2) is 4.33 Å². The van der Waals surface area contributed by atoms with E-state index in [1.165, 1.54) is 18.5 Å². The minimum Gasteiger partial charge on any atom is -0.366 e. The number of imidazole rings is 1. The zero-order valence-corrected chi connectivity index (χ0v) is 10.5. The maximum absolute atomic E-state index is 10.7. The molecule has 0 aliphatic heterocycles. The minimum absolute atomic E-state index is 0.00204. The van der Waals surface area contributed by atoms with Gasteiger partial charge in [-0.15, -0.1) is 11.6 Å². The van der Waals surface area contributed by atoms with Crippen LogP contribution >= 0.6 is 34.8 Å². The number of amides is 1. The van der Waals surface area contributed by atoms with E-state index in [0.29, 0.717) is 0 Å². The normalized spacial score (nSPS) is 14.2. The van der Waals surface area contributed by atoms with Gasteiger partial charge in [-0.2, -0.15) is 0 Å². The van der Waals surface area contributed by atoms with Crippen LogP contribution in [0.2, 0.25) is 0 Å². The van der Waals surface area contributed by atoms with Crippen molar-refractivity contribution in [3.63, 3.8) is 0 Å². The smallest absolute Gasteiger partial charge is 0.241 e. The Balaban J connectivity index is 3.00.